The van der Waals surface area contributed by atoms with Crippen LogP contribution in [-0.2, 0) is 20.1 Å². The van der Waals surface area contributed by atoms with Gasteiger partial charge in [0, 0.05) is 30.9 Å². The Labute approximate surface area is 148 Å². The number of ether oxygens (including phenoxy) is 2. The number of carbonyl (C=O) groups excluding carboxylic acids is 1. The van der Waals surface area contributed by atoms with Crippen molar-refractivity contribution in [3.63, 3.8) is 0 Å². The summed E-state index contributed by atoms with van der Waals surface area (Å²) in [4.78, 5) is 17.6. The number of benzene rings is 1. The van der Waals surface area contributed by atoms with Crippen molar-refractivity contribution in [2.45, 2.75) is 44.3 Å². The van der Waals surface area contributed by atoms with E-state index in [2.05, 4.69) is 23.1 Å². The second-order valence-electron chi connectivity index (χ2n) is 7.78. The van der Waals surface area contributed by atoms with Crippen LogP contribution in [0.25, 0.3) is 0 Å². The molecule has 2 saturated heterocycles. The molecule has 5 nitrogen and oxygen atoms in total. The van der Waals surface area contributed by atoms with Crippen LogP contribution in [0.3, 0.4) is 0 Å². The highest BCUT2D eigenvalue weighted by Gasteiger charge is 2.55. The van der Waals surface area contributed by atoms with Crippen LogP contribution < -0.4 is 9.80 Å². The quantitative estimate of drug-likeness (QED) is 0.847. The molecule has 3 aliphatic heterocycles. The Morgan fingerprint density at radius 2 is 1.80 bits per heavy atom. The number of anilines is 2. The van der Waals surface area contributed by atoms with E-state index in [-0.39, 0.29) is 5.91 Å². The standard InChI is InChI=1S/C20H26N2O3/c23-19-20(24-11-4-12-25-20)17-13-16(21-9-2-1-3-10-21)7-8-18(17)22(19)14-15-5-6-15/h7-8,13,15H,1-6,9-12,14H2. The maximum absolute atomic E-state index is 13.3. The number of rotatable bonds is 3. The maximum atomic E-state index is 13.3. The van der Waals surface area contributed by atoms with Crippen LogP contribution in [0.5, 0.6) is 0 Å². The lowest BCUT2D eigenvalue weighted by Crippen LogP contribution is -2.47. The molecular weight excluding hydrogens is 316 g/mol. The molecule has 0 unspecified atom stereocenters. The van der Waals surface area contributed by atoms with Gasteiger partial charge in [-0.3, -0.25) is 4.79 Å². The second-order valence-corrected chi connectivity index (χ2v) is 7.78. The molecule has 5 rings (SSSR count). The number of fused-ring (bicyclic) bond motifs is 2. The van der Waals surface area contributed by atoms with Gasteiger partial charge in [-0.25, -0.2) is 0 Å². The van der Waals surface area contributed by atoms with Crippen LogP contribution in [0.15, 0.2) is 18.2 Å². The molecule has 0 bridgehead atoms. The molecular formula is C20H26N2O3. The van der Waals surface area contributed by atoms with Crippen molar-refractivity contribution in [3.05, 3.63) is 23.8 Å². The average molecular weight is 342 g/mol. The second kappa shape index (κ2) is 5.99. The van der Waals surface area contributed by atoms with Crippen LogP contribution in [0.1, 0.15) is 44.1 Å². The topological polar surface area (TPSA) is 42.0 Å². The van der Waals surface area contributed by atoms with Crippen molar-refractivity contribution in [1.82, 2.24) is 0 Å². The Morgan fingerprint density at radius 3 is 2.52 bits per heavy atom. The summed E-state index contributed by atoms with van der Waals surface area (Å²) in [5.41, 5.74) is 3.09. The largest absolute Gasteiger partial charge is 0.372 e. The lowest BCUT2D eigenvalue weighted by molar-refractivity contribution is -0.256. The molecule has 0 atom stereocenters. The van der Waals surface area contributed by atoms with Gasteiger partial charge in [-0.05, 0) is 62.6 Å². The van der Waals surface area contributed by atoms with Crippen LogP contribution >= 0.6 is 0 Å². The van der Waals surface area contributed by atoms with Crippen molar-refractivity contribution >= 4 is 17.3 Å². The first-order chi connectivity index (χ1) is 12.3. The number of carbonyl (C=O) groups is 1. The van der Waals surface area contributed by atoms with Gasteiger partial charge in [-0.1, -0.05) is 0 Å². The van der Waals surface area contributed by atoms with Gasteiger partial charge in [-0.2, -0.15) is 0 Å². The Kier molecular flexibility index (Phi) is 3.75. The van der Waals surface area contributed by atoms with E-state index in [0.717, 1.165) is 37.3 Å². The summed E-state index contributed by atoms with van der Waals surface area (Å²) in [5, 5.41) is 0. The minimum Gasteiger partial charge on any atom is -0.372 e. The van der Waals surface area contributed by atoms with Crippen LogP contribution in [0, 0.1) is 5.92 Å². The van der Waals surface area contributed by atoms with E-state index in [1.165, 1.54) is 37.8 Å². The molecule has 1 saturated carbocycles. The first-order valence-corrected chi connectivity index (χ1v) is 9.77. The van der Waals surface area contributed by atoms with E-state index in [1.54, 1.807) is 0 Å². The highest BCUT2D eigenvalue weighted by Crippen LogP contribution is 2.48. The molecule has 1 aromatic carbocycles. The van der Waals surface area contributed by atoms with Crippen LogP contribution in [0.4, 0.5) is 11.4 Å². The highest BCUT2D eigenvalue weighted by molar-refractivity contribution is 6.06. The zero-order valence-corrected chi connectivity index (χ0v) is 14.7. The predicted molar refractivity (Wildman–Crippen MR) is 95.8 cm³/mol. The average Bonchev–Trinajstić information content (AvgIpc) is 3.47. The molecule has 1 aliphatic carbocycles. The van der Waals surface area contributed by atoms with Gasteiger partial charge >= 0.3 is 0 Å². The third kappa shape index (κ3) is 2.56. The lowest BCUT2D eigenvalue weighted by atomic mass is 10.0. The third-order valence-corrected chi connectivity index (χ3v) is 5.91. The minimum absolute atomic E-state index is 0.0232. The Morgan fingerprint density at radius 1 is 1.04 bits per heavy atom. The van der Waals surface area contributed by atoms with Gasteiger partial charge in [-0.15, -0.1) is 0 Å². The molecule has 0 N–H and O–H groups in total. The van der Waals surface area contributed by atoms with Crippen molar-refractivity contribution in [2.75, 3.05) is 42.6 Å². The molecule has 25 heavy (non-hydrogen) atoms. The van der Waals surface area contributed by atoms with Gasteiger partial charge in [0.05, 0.1) is 18.9 Å². The molecule has 1 amide bonds. The fourth-order valence-electron chi connectivity index (χ4n) is 4.33. The van der Waals surface area contributed by atoms with Gasteiger partial charge in [0.15, 0.2) is 0 Å². The molecule has 5 heteroatoms. The fourth-order valence-corrected chi connectivity index (χ4v) is 4.33. The summed E-state index contributed by atoms with van der Waals surface area (Å²) >= 11 is 0. The molecule has 1 aromatic rings. The normalized spacial score (nSPS) is 25.5. The summed E-state index contributed by atoms with van der Waals surface area (Å²) in [6, 6.07) is 6.42. The fraction of sp³-hybridized carbons (Fsp3) is 0.650. The van der Waals surface area contributed by atoms with Gasteiger partial charge in [0.25, 0.3) is 11.7 Å². The van der Waals surface area contributed by atoms with Crippen molar-refractivity contribution in [2.24, 2.45) is 5.92 Å². The lowest BCUT2D eigenvalue weighted by Gasteiger charge is -2.33. The number of piperidine rings is 1. The van der Waals surface area contributed by atoms with Crippen molar-refractivity contribution < 1.29 is 14.3 Å². The number of amides is 1. The van der Waals surface area contributed by atoms with E-state index in [4.69, 9.17) is 9.47 Å². The Hall–Kier alpha value is -1.59. The van der Waals surface area contributed by atoms with Crippen LogP contribution in [0.2, 0.25) is 0 Å². The first-order valence-electron chi connectivity index (χ1n) is 9.77. The Balaban J connectivity index is 1.55. The summed E-state index contributed by atoms with van der Waals surface area (Å²) in [6.07, 6.45) is 7.08. The van der Waals surface area contributed by atoms with Crippen molar-refractivity contribution in [3.8, 4) is 0 Å². The van der Waals surface area contributed by atoms with Crippen LogP contribution in [-0.4, -0.2) is 38.8 Å². The maximum Gasteiger partial charge on any atom is 0.292 e. The van der Waals surface area contributed by atoms with E-state index < -0.39 is 5.79 Å². The summed E-state index contributed by atoms with van der Waals surface area (Å²) < 4.78 is 12.0. The molecule has 4 aliphatic rings. The van der Waals surface area contributed by atoms with Gasteiger partial charge in [0.1, 0.15) is 0 Å². The third-order valence-electron chi connectivity index (χ3n) is 5.91. The predicted octanol–water partition coefficient (Wildman–Crippen LogP) is 3.02. The molecule has 0 aromatic heterocycles. The molecule has 134 valence electrons. The summed E-state index contributed by atoms with van der Waals surface area (Å²) in [5.74, 6) is -0.587. The van der Waals surface area contributed by atoms with E-state index in [9.17, 15) is 4.79 Å². The molecule has 3 heterocycles. The van der Waals surface area contributed by atoms with E-state index >= 15 is 0 Å². The smallest absolute Gasteiger partial charge is 0.292 e. The molecule has 0 radical (unpaired) electrons. The number of hydrogen-bond acceptors (Lipinski definition) is 4. The van der Waals surface area contributed by atoms with E-state index in [0.29, 0.717) is 19.1 Å². The monoisotopic (exact) mass is 342 g/mol. The zero-order valence-electron chi connectivity index (χ0n) is 14.7. The molecule has 3 fully saturated rings. The summed E-state index contributed by atoms with van der Waals surface area (Å²) in [6.45, 7) is 4.14. The van der Waals surface area contributed by atoms with Crippen molar-refractivity contribution in [1.29, 1.82) is 0 Å². The summed E-state index contributed by atoms with van der Waals surface area (Å²) in [7, 11) is 0. The molecule has 1 spiro atoms. The van der Waals surface area contributed by atoms with E-state index in [1.807, 2.05) is 4.90 Å². The highest BCUT2D eigenvalue weighted by atomic mass is 16.7. The minimum atomic E-state index is -1.20. The number of nitrogens with zero attached hydrogens (tertiary/aromatic N) is 2. The number of hydrogen-bond donors (Lipinski definition) is 0. The van der Waals surface area contributed by atoms with Gasteiger partial charge in [0.2, 0.25) is 0 Å². The SMILES string of the molecule is O=C1N(CC2CC2)c2ccc(N3CCCCC3)cc2C12OCCCO2. The zero-order chi connectivity index (χ0) is 16.9. The Bertz CT molecular complexity index is 674. The first kappa shape index (κ1) is 15.6. The van der Waals surface area contributed by atoms with Gasteiger partial charge < -0.3 is 19.3 Å².